The highest BCUT2D eigenvalue weighted by Crippen LogP contribution is 2.62. The minimum Gasteiger partial charge on any atom is -0.506 e. The van der Waals surface area contributed by atoms with Crippen LogP contribution in [0.1, 0.15) is 109 Å². The molecule has 2 fully saturated rings. The molecule has 3 aliphatic rings. The minimum absolute atomic E-state index is 0.110. The molecule has 2 atom stereocenters. The predicted octanol–water partition coefficient (Wildman–Crippen LogP) is 10.8. The molecule has 2 saturated carbocycles. The Morgan fingerprint density at radius 1 is 0.898 bits per heavy atom. The number of aliphatic hydroxyl groups excluding tert-OH is 2. The lowest BCUT2D eigenvalue weighted by atomic mass is 9.63. The van der Waals surface area contributed by atoms with Gasteiger partial charge >= 0.3 is 0 Å². The van der Waals surface area contributed by atoms with Crippen molar-refractivity contribution >= 4 is 15.1 Å². The molecule has 4 bridgehead atoms. The second-order valence-electron chi connectivity index (χ2n) is 14.6. The van der Waals surface area contributed by atoms with Crippen LogP contribution in [0.25, 0.3) is 0 Å². The van der Waals surface area contributed by atoms with Crippen molar-refractivity contribution < 1.29 is 15.0 Å². The fourth-order valence-electron chi connectivity index (χ4n) is 6.93. The van der Waals surface area contributed by atoms with Crippen LogP contribution in [-0.4, -0.2) is 34.9 Å². The van der Waals surface area contributed by atoms with Crippen molar-refractivity contribution in [1.29, 1.82) is 0 Å². The van der Waals surface area contributed by atoms with Gasteiger partial charge in [0.05, 0.1) is 11.8 Å². The Labute approximate surface area is 303 Å². The first-order valence-corrected chi connectivity index (χ1v) is 19.3. The zero-order chi connectivity index (χ0) is 38.1. The maximum absolute atomic E-state index is 12.7. The molecule has 6 heteroatoms. The van der Waals surface area contributed by atoms with E-state index in [0.717, 1.165) is 37.2 Å². The van der Waals surface area contributed by atoms with Crippen LogP contribution in [0, 0.1) is 28.6 Å². The number of carbonyl (C=O) groups excluding carboxylic acids is 1. The van der Waals surface area contributed by atoms with Gasteiger partial charge in [-0.05, 0) is 81.7 Å². The van der Waals surface area contributed by atoms with Crippen molar-refractivity contribution in [2.45, 2.75) is 121 Å². The SMILES string of the molecule is C=C/C(O)=C(\C=C\NC(C)C)NC(=O)/C=C/C=C(\C=C)C(C)(C)C1C2=C3CCC(=C1CC2)C3C(O)C(C)(C)C=CC.CC.CC(C)C.CP. The first kappa shape index (κ1) is 46.1. The summed E-state index contributed by atoms with van der Waals surface area (Å²) in [6, 6.07) is 0.225. The average Bonchev–Trinajstić information content (AvgIpc) is 3.60. The Kier molecular flexibility index (Phi) is 20.7. The van der Waals surface area contributed by atoms with Crippen molar-refractivity contribution in [3.05, 3.63) is 107 Å². The van der Waals surface area contributed by atoms with E-state index in [0.29, 0.717) is 0 Å². The second-order valence-corrected chi connectivity index (χ2v) is 14.6. The van der Waals surface area contributed by atoms with Crippen LogP contribution < -0.4 is 10.6 Å². The van der Waals surface area contributed by atoms with E-state index in [4.69, 9.17) is 0 Å². The number of rotatable bonds is 13. The Balaban J connectivity index is 0.00000263. The van der Waals surface area contributed by atoms with E-state index in [-0.39, 0.29) is 46.1 Å². The molecule has 0 aliphatic heterocycles. The van der Waals surface area contributed by atoms with E-state index in [2.05, 4.69) is 87.6 Å². The van der Waals surface area contributed by atoms with E-state index in [9.17, 15) is 15.0 Å². The lowest BCUT2D eigenvalue weighted by molar-refractivity contribution is -0.115. The zero-order valence-corrected chi connectivity index (χ0v) is 34.4. The number of allylic oxidation sites excluding steroid dienone is 9. The summed E-state index contributed by atoms with van der Waals surface area (Å²) >= 11 is 0. The molecule has 5 nitrogen and oxygen atoms in total. The van der Waals surface area contributed by atoms with Gasteiger partial charge in [0, 0.05) is 29.4 Å². The van der Waals surface area contributed by atoms with E-state index in [1.165, 1.54) is 34.4 Å². The molecule has 4 N–H and O–H groups in total. The fourth-order valence-corrected chi connectivity index (χ4v) is 6.93. The topological polar surface area (TPSA) is 81.6 Å². The van der Waals surface area contributed by atoms with Gasteiger partial charge in [0.1, 0.15) is 5.76 Å². The lowest BCUT2D eigenvalue weighted by Crippen LogP contribution is -2.38. The number of carbonyl (C=O) groups is 1. The van der Waals surface area contributed by atoms with Crippen LogP contribution in [0.2, 0.25) is 0 Å². The Morgan fingerprint density at radius 3 is 1.82 bits per heavy atom. The number of fused-ring (bicyclic) bond motifs is 4. The van der Waals surface area contributed by atoms with Crippen LogP contribution in [0.4, 0.5) is 0 Å². The van der Waals surface area contributed by atoms with E-state index in [1.807, 2.05) is 59.5 Å². The molecule has 0 aromatic carbocycles. The summed E-state index contributed by atoms with van der Waals surface area (Å²) < 4.78 is 0. The van der Waals surface area contributed by atoms with Crippen LogP contribution in [0.3, 0.4) is 0 Å². The zero-order valence-electron chi connectivity index (χ0n) is 33.2. The summed E-state index contributed by atoms with van der Waals surface area (Å²) in [5.74, 6) is 0.777. The number of hydrogen-bond acceptors (Lipinski definition) is 4. The standard InChI is InChI=1S/C36H50N2O3.C4H10.C2H6.CH5P/c1-10-21-35(6,7)34(41)32-25-16-17-26(32)28-19-18-27(25)33(28)36(8,9)24(11-2)14-13-15-31(40)38-29(30(39)12-3)20-22-37-23(4)5;1-4(2)3;2*1-2/h10-15,20-23,32-34,37,39,41H,2-3,16-19H2,1,4-9H3,(H,38,40);4H,1-3H3;1-2H3;2H2,1H3/b15-13+,21-10?,22-20+,24-14+,30-29-;;;. The molecule has 0 spiro atoms. The highest BCUT2D eigenvalue weighted by Gasteiger charge is 2.51. The third-order valence-electron chi connectivity index (χ3n) is 8.89. The van der Waals surface area contributed by atoms with Crippen molar-refractivity contribution in [2.24, 2.45) is 28.6 Å². The average molecular weight is 695 g/mol. The summed E-state index contributed by atoms with van der Waals surface area (Å²) in [4.78, 5) is 12.7. The molecular weight excluding hydrogens is 623 g/mol. The minimum atomic E-state index is -0.440. The Hall–Kier alpha value is -2.88. The highest BCUT2D eigenvalue weighted by molar-refractivity contribution is 7.15. The molecule has 276 valence electrons. The smallest absolute Gasteiger partial charge is 0.248 e. The van der Waals surface area contributed by atoms with E-state index in [1.54, 1.807) is 18.4 Å². The number of nitrogens with one attached hydrogen (secondary N) is 2. The van der Waals surface area contributed by atoms with Gasteiger partial charge in [-0.3, -0.25) is 4.79 Å². The molecule has 0 saturated heterocycles. The largest absolute Gasteiger partial charge is 0.506 e. The molecule has 0 radical (unpaired) electrons. The summed E-state index contributed by atoms with van der Waals surface area (Å²) in [5.41, 5.74) is 6.70. The van der Waals surface area contributed by atoms with Gasteiger partial charge in [-0.15, -0.1) is 9.24 Å². The highest BCUT2D eigenvalue weighted by atomic mass is 31.0. The second kappa shape index (κ2) is 22.0. The molecule has 0 aromatic rings. The molecular formula is C43H71N2O3P. The molecule has 0 heterocycles. The van der Waals surface area contributed by atoms with Crippen molar-refractivity contribution in [3.8, 4) is 0 Å². The first-order valence-electron chi connectivity index (χ1n) is 18.2. The van der Waals surface area contributed by atoms with Gasteiger partial charge in [-0.25, -0.2) is 0 Å². The van der Waals surface area contributed by atoms with Gasteiger partial charge in [-0.1, -0.05) is 135 Å². The van der Waals surface area contributed by atoms with Crippen LogP contribution in [0.5, 0.6) is 0 Å². The number of hydrogen-bond donors (Lipinski definition) is 4. The van der Waals surface area contributed by atoms with Crippen LogP contribution in [0.15, 0.2) is 107 Å². The van der Waals surface area contributed by atoms with Gasteiger partial charge in [0.2, 0.25) is 5.91 Å². The van der Waals surface area contributed by atoms with Gasteiger partial charge in [0.25, 0.3) is 0 Å². The maximum Gasteiger partial charge on any atom is 0.248 e. The molecule has 3 aliphatic carbocycles. The summed E-state index contributed by atoms with van der Waals surface area (Å²) in [7, 11) is 2.42. The van der Waals surface area contributed by atoms with E-state index >= 15 is 0 Å². The molecule has 0 aromatic heterocycles. The normalized spacial score (nSPS) is 20.1. The molecule has 1 amide bonds. The van der Waals surface area contributed by atoms with Crippen molar-refractivity contribution in [1.82, 2.24) is 10.6 Å². The van der Waals surface area contributed by atoms with Gasteiger partial charge in [-0.2, -0.15) is 0 Å². The lowest BCUT2D eigenvalue weighted by Gasteiger charge is -2.42. The fraction of sp³-hybridized carbons (Fsp3) is 0.558. The summed E-state index contributed by atoms with van der Waals surface area (Å²) in [6.45, 7) is 34.9. The summed E-state index contributed by atoms with van der Waals surface area (Å²) in [5, 5.41) is 27.5. The Bertz CT molecular complexity index is 1290. The monoisotopic (exact) mass is 695 g/mol. The first-order chi connectivity index (χ1) is 23.0. The van der Waals surface area contributed by atoms with Gasteiger partial charge < -0.3 is 20.8 Å². The van der Waals surface area contributed by atoms with Gasteiger partial charge in [0.15, 0.2) is 0 Å². The predicted molar refractivity (Wildman–Crippen MR) is 218 cm³/mol. The van der Waals surface area contributed by atoms with Crippen molar-refractivity contribution in [3.63, 3.8) is 0 Å². The Morgan fingerprint density at radius 2 is 1.39 bits per heavy atom. The van der Waals surface area contributed by atoms with Crippen molar-refractivity contribution in [2.75, 3.05) is 6.66 Å². The van der Waals surface area contributed by atoms with Crippen LogP contribution >= 0.6 is 9.24 Å². The maximum atomic E-state index is 12.7. The quantitative estimate of drug-likeness (QED) is 0.0509. The third-order valence-corrected chi connectivity index (χ3v) is 8.89. The third kappa shape index (κ3) is 12.7. The molecule has 49 heavy (non-hydrogen) atoms. The van der Waals surface area contributed by atoms with E-state index < -0.39 is 6.10 Å². The number of amides is 1. The summed E-state index contributed by atoms with van der Waals surface area (Å²) in [6.07, 6.45) is 19.6. The van der Waals surface area contributed by atoms with Crippen LogP contribution in [-0.2, 0) is 4.79 Å². The molecule has 2 unspecified atom stereocenters. The molecule has 3 rings (SSSR count). The number of aliphatic hydroxyl groups is 2.